The zero-order valence-electron chi connectivity index (χ0n) is 20.2. The number of anilines is 1. The molecule has 1 fully saturated rings. The number of methoxy groups -OCH3 is 2. The molecule has 0 radical (unpaired) electrons. The third-order valence-electron chi connectivity index (χ3n) is 6.10. The molecule has 1 N–H and O–H groups in total. The molecule has 3 aromatic rings. The number of nitrogens with one attached hydrogen (secondary N) is 1. The third kappa shape index (κ3) is 5.57. The first-order chi connectivity index (χ1) is 17.0. The number of thiophene rings is 1. The van der Waals surface area contributed by atoms with Crippen molar-refractivity contribution in [3.63, 3.8) is 0 Å². The summed E-state index contributed by atoms with van der Waals surface area (Å²) in [5.74, 6) is 1.90. The summed E-state index contributed by atoms with van der Waals surface area (Å²) < 4.78 is 10.6. The normalized spacial score (nSPS) is 13.5. The molecular weight excluding hydrogens is 464 g/mol. The number of carbonyl (C=O) groups excluding carboxylic acids is 2. The molecule has 0 unspecified atom stereocenters. The molecule has 184 valence electrons. The van der Waals surface area contributed by atoms with Crippen molar-refractivity contribution in [2.45, 2.75) is 13.3 Å². The highest BCUT2D eigenvalue weighted by Crippen LogP contribution is 2.27. The van der Waals surface area contributed by atoms with E-state index >= 15 is 0 Å². The van der Waals surface area contributed by atoms with Crippen LogP contribution in [-0.4, -0.2) is 68.6 Å². The lowest BCUT2D eigenvalue weighted by molar-refractivity contribution is 0.0750. The number of benzene rings is 1. The number of pyridine rings is 1. The van der Waals surface area contributed by atoms with Crippen molar-refractivity contribution < 1.29 is 19.1 Å². The van der Waals surface area contributed by atoms with Crippen molar-refractivity contribution in [1.29, 1.82) is 0 Å². The van der Waals surface area contributed by atoms with Gasteiger partial charge >= 0.3 is 0 Å². The van der Waals surface area contributed by atoms with Crippen LogP contribution < -0.4 is 19.7 Å². The quantitative estimate of drug-likeness (QED) is 0.517. The highest BCUT2D eigenvalue weighted by molar-refractivity contribution is 7.12. The number of aromatic nitrogens is 1. The Hall–Kier alpha value is -3.59. The number of rotatable bonds is 8. The van der Waals surface area contributed by atoms with E-state index in [1.165, 1.54) is 11.3 Å². The third-order valence-corrected chi connectivity index (χ3v) is 7.11. The molecule has 35 heavy (non-hydrogen) atoms. The SMILES string of the molecule is COc1ccc(CCNC(=O)c2cccnc2N2CCN(C(=O)c3sccc3C)CC2)cc1OC. The molecule has 3 heterocycles. The van der Waals surface area contributed by atoms with Crippen molar-refractivity contribution in [3.8, 4) is 11.5 Å². The number of hydrogen-bond donors (Lipinski definition) is 1. The van der Waals surface area contributed by atoms with E-state index in [-0.39, 0.29) is 11.8 Å². The number of ether oxygens (including phenoxy) is 2. The first-order valence-electron chi connectivity index (χ1n) is 11.5. The Morgan fingerprint density at radius 1 is 1.06 bits per heavy atom. The number of hydrogen-bond acceptors (Lipinski definition) is 7. The molecule has 8 nitrogen and oxygen atoms in total. The minimum atomic E-state index is -0.165. The fourth-order valence-corrected chi connectivity index (χ4v) is 5.03. The molecule has 4 rings (SSSR count). The van der Waals surface area contributed by atoms with E-state index in [0.29, 0.717) is 62.0 Å². The fraction of sp³-hybridized carbons (Fsp3) is 0.346. The lowest BCUT2D eigenvalue weighted by atomic mass is 10.1. The summed E-state index contributed by atoms with van der Waals surface area (Å²) in [4.78, 5) is 35.1. The summed E-state index contributed by atoms with van der Waals surface area (Å²) in [6.07, 6.45) is 2.35. The van der Waals surface area contributed by atoms with Gasteiger partial charge in [0.25, 0.3) is 11.8 Å². The number of aryl methyl sites for hydroxylation is 1. The van der Waals surface area contributed by atoms with Crippen molar-refractivity contribution in [2.75, 3.05) is 51.8 Å². The monoisotopic (exact) mass is 494 g/mol. The van der Waals surface area contributed by atoms with Crippen molar-refractivity contribution >= 4 is 29.0 Å². The van der Waals surface area contributed by atoms with E-state index in [0.717, 1.165) is 16.0 Å². The van der Waals surface area contributed by atoms with E-state index in [1.54, 1.807) is 32.5 Å². The Labute approximate surface area is 209 Å². The van der Waals surface area contributed by atoms with Gasteiger partial charge in [-0.05, 0) is 60.2 Å². The van der Waals surface area contributed by atoms with Crippen LogP contribution in [0.15, 0.2) is 48.0 Å². The maximum atomic E-state index is 13.0. The van der Waals surface area contributed by atoms with Gasteiger partial charge in [-0.15, -0.1) is 11.3 Å². The maximum Gasteiger partial charge on any atom is 0.264 e. The predicted octanol–water partition coefficient (Wildman–Crippen LogP) is 3.40. The Morgan fingerprint density at radius 2 is 1.83 bits per heavy atom. The van der Waals surface area contributed by atoms with E-state index in [2.05, 4.69) is 15.2 Å². The van der Waals surface area contributed by atoms with E-state index in [4.69, 9.17) is 9.47 Å². The second-order valence-electron chi connectivity index (χ2n) is 8.28. The summed E-state index contributed by atoms with van der Waals surface area (Å²) in [7, 11) is 3.21. The topological polar surface area (TPSA) is 84.0 Å². The zero-order chi connectivity index (χ0) is 24.8. The Balaban J connectivity index is 1.35. The molecule has 9 heteroatoms. The zero-order valence-corrected chi connectivity index (χ0v) is 21.1. The first kappa shape index (κ1) is 24.5. The number of carbonyl (C=O) groups is 2. The average molecular weight is 495 g/mol. The smallest absolute Gasteiger partial charge is 0.264 e. The molecule has 2 amide bonds. The minimum Gasteiger partial charge on any atom is -0.493 e. The molecule has 0 atom stereocenters. The van der Waals surface area contributed by atoms with Crippen molar-refractivity contribution in [1.82, 2.24) is 15.2 Å². The van der Waals surface area contributed by atoms with Crippen LogP contribution in [0.3, 0.4) is 0 Å². The maximum absolute atomic E-state index is 13.0. The van der Waals surface area contributed by atoms with Crippen LogP contribution in [0.1, 0.15) is 31.2 Å². The first-order valence-corrected chi connectivity index (χ1v) is 12.4. The molecule has 0 spiro atoms. The molecule has 1 aliphatic rings. The van der Waals surface area contributed by atoms with Crippen molar-refractivity contribution in [3.05, 3.63) is 69.5 Å². The molecule has 1 aliphatic heterocycles. The van der Waals surface area contributed by atoms with Gasteiger partial charge in [0.15, 0.2) is 11.5 Å². The largest absolute Gasteiger partial charge is 0.493 e. The van der Waals surface area contributed by atoms with Crippen molar-refractivity contribution in [2.24, 2.45) is 0 Å². The van der Waals surface area contributed by atoms with Gasteiger partial charge in [-0.2, -0.15) is 0 Å². The Kier molecular flexibility index (Phi) is 7.87. The summed E-state index contributed by atoms with van der Waals surface area (Å²) in [5.41, 5.74) is 2.59. The standard InChI is InChI=1S/C26H30N4O4S/c1-18-9-16-35-23(18)26(32)30-14-12-29(13-15-30)24-20(5-4-10-27-24)25(31)28-11-8-19-6-7-21(33-2)22(17-19)34-3/h4-7,9-10,16-17H,8,11-15H2,1-3H3,(H,28,31). The second-order valence-corrected chi connectivity index (χ2v) is 9.20. The van der Waals surface area contributed by atoms with E-state index < -0.39 is 0 Å². The van der Waals surface area contributed by atoms with Crippen LogP contribution in [0.4, 0.5) is 5.82 Å². The highest BCUT2D eigenvalue weighted by Gasteiger charge is 2.26. The van der Waals surface area contributed by atoms with E-state index in [1.807, 2.05) is 41.5 Å². The minimum absolute atomic E-state index is 0.0753. The molecule has 1 saturated heterocycles. The molecule has 2 aromatic heterocycles. The average Bonchev–Trinajstić information content (AvgIpc) is 3.33. The Bertz CT molecular complexity index is 1190. The Morgan fingerprint density at radius 3 is 2.51 bits per heavy atom. The van der Waals surface area contributed by atoms with Gasteiger partial charge in [-0.25, -0.2) is 4.98 Å². The van der Waals surface area contributed by atoms with Gasteiger partial charge in [0, 0.05) is 38.9 Å². The highest BCUT2D eigenvalue weighted by atomic mass is 32.1. The lowest BCUT2D eigenvalue weighted by Crippen LogP contribution is -2.49. The molecule has 0 aliphatic carbocycles. The van der Waals surface area contributed by atoms with Gasteiger partial charge in [0.05, 0.1) is 24.7 Å². The van der Waals surface area contributed by atoms with Crippen LogP contribution in [0, 0.1) is 6.92 Å². The number of nitrogens with zero attached hydrogens (tertiary/aromatic N) is 3. The number of amides is 2. The van der Waals surface area contributed by atoms with Gasteiger partial charge < -0.3 is 24.6 Å². The van der Waals surface area contributed by atoms with Gasteiger partial charge in [0.2, 0.25) is 0 Å². The van der Waals surface area contributed by atoms with Crippen LogP contribution >= 0.6 is 11.3 Å². The van der Waals surface area contributed by atoms with Gasteiger partial charge in [-0.1, -0.05) is 6.07 Å². The van der Waals surface area contributed by atoms with Gasteiger partial charge in [-0.3, -0.25) is 9.59 Å². The lowest BCUT2D eigenvalue weighted by Gasteiger charge is -2.36. The molecular formula is C26H30N4O4S. The molecule has 0 bridgehead atoms. The van der Waals surface area contributed by atoms with Crippen LogP contribution in [-0.2, 0) is 6.42 Å². The molecule has 1 aromatic carbocycles. The number of piperazine rings is 1. The van der Waals surface area contributed by atoms with Crippen LogP contribution in [0.25, 0.3) is 0 Å². The van der Waals surface area contributed by atoms with Crippen LogP contribution in [0.2, 0.25) is 0 Å². The fourth-order valence-electron chi connectivity index (χ4n) is 4.13. The summed E-state index contributed by atoms with van der Waals surface area (Å²) in [6, 6.07) is 11.3. The van der Waals surface area contributed by atoms with E-state index in [9.17, 15) is 9.59 Å². The second kappa shape index (κ2) is 11.2. The van der Waals surface area contributed by atoms with Gasteiger partial charge in [0.1, 0.15) is 5.82 Å². The summed E-state index contributed by atoms with van der Waals surface area (Å²) >= 11 is 1.48. The van der Waals surface area contributed by atoms with Crippen LogP contribution in [0.5, 0.6) is 11.5 Å². The predicted molar refractivity (Wildman–Crippen MR) is 137 cm³/mol. The summed E-state index contributed by atoms with van der Waals surface area (Å²) in [6.45, 7) is 4.87. The summed E-state index contributed by atoms with van der Waals surface area (Å²) in [5, 5.41) is 4.95. The molecule has 0 saturated carbocycles.